The smallest absolute Gasteiger partial charge is 0.131 e. The Morgan fingerprint density at radius 1 is 0.920 bits per heavy atom. The van der Waals surface area contributed by atoms with E-state index in [0.29, 0.717) is 13.1 Å². The second kappa shape index (κ2) is 8.04. The van der Waals surface area contributed by atoms with Crippen molar-refractivity contribution in [2.75, 3.05) is 19.6 Å². The van der Waals surface area contributed by atoms with Gasteiger partial charge in [-0.15, -0.1) is 0 Å². The molecule has 2 aromatic carbocycles. The van der Waals surface area contributed by atoms with Gasteiger partial charge >= 0.3 is 0 Å². The molecule has 1 aliphatic rings. The van der Waals surface area contributed by atoms with Crippen molar-refractivity contribution in [3.63, 3.8) is 0 Å². The molecule has 3 rings (SSSR count). The summed E-state index contributed by atoms with van der Waals surface area (Å²) in [5.41, 5.74) is 0.642. The van der Waals surface area contributed by atoms with Crippen LogP contribution in [0.25, 0.3) is 0 Å². The molecule has 2 N–H and O–H groups in total. The quantitative estimate of drug-likeness (QED) is 0.871. The number of aliphatic hydroxyl groups excluding tert-OH is 2. The number of aliphatic hydroxyl groups is 2. The van der Waals surface area contributed by atoms with Gasteiger partial charge in [-0.3, -0.25) is 0 Å². The number of likely N-dealkylation sites (tertiary alicyclic amines) is 1. The van der Waals surface area contributed by atoms with E-state index in [4.69, 9.17) is 0 Å². The maximum Gasteiger partial charge on any atom is 0.131 e. The second-order valence-electron chi connectivity index (χ2n) is 6.64. The predicted octanol–water partition coefficient (Wildman–Crippen LogP) is 3.44. The average Bonchev–Trinajstić information content (AvgIpc) is 2.62. The molecular weight excluding hydrogens is 324 g/mol. The van der Waals surface area contributed by atoms with Crippen LogP contribution in [0.4, 0.5) is 8.78 Å². The zero-order valence-corrected chi connectivity index (χ0v) is 14.0. The second-order valence-corrected chi connectivity index (χ2v) is 6.64. The monoisotopic (exact) mass is 347 g/mol. The Kier molecular flexibility index (Phi) is 5.78. The minimum absolute atomic E-state index is 0.154. The number of hydrogen-bond acceptors (Lipinski definition) is 3. The van der Waals surface area contributed by atoms with E-state index in [0.717, 1.165) is 30.5 Å². The van der Waals surface area contributed by atoms with Crippen molar-refractivity contribution < 1.29 is 19.0 Å². The first kappa shape index (κ1) is 18.0. The fourth-order valence-corrected chi connectivity index (χ4v) is 3.54. The Labute approximate surface area is 146 Å². The summed E-state index contributed by atoms with van der Waals surface area (Å²) in [7, 11) is 0. The van der Waals surface area contributed by atoms with Gasteiger partial charge in [0.25, 0.3) is 0 Å². The van der Waals surface area contributed by atoms with Crippen molar-refractivity contribution in [3.05, 3.63) is 71.3 Å². The maximum absolute atomic E-state index is 13.8. The van der Waals surface area contributed by atoms with E-state index in [9.17, 15) is 19.0 Å². The standard InChI is InChI=1S/C20H23F2NO2/c21-16-7-4-8-17(22)19(16)18(24)13-23-11-9-15(10-12-23)20(25)14-5-2-1-3-6-14/h1-8,15,18,20,24-25H,9-13H2. The summed E-state index contributed by atoms with van der Waals surface area (Å²) in [5, 5.41) is 20.7. The molecule has 0 radical (unpaired) electrons. The third kappa shape index (κ3) is 4.24. The van der Waals surface area contributed by atoms with Gasteiger partial charge in [-0.2, -0.15) is 0 Å². The lowest BCUT2D eigenvalue weighted by molar-refractivity contribution is 0.0385. The summed E-state index contributed by atoms with van der Waals surface area (Å²) in [5.74, 6) is -1.29. The van der Waals surface area contributed by atoms with E-state index in [1.165, 1.54) is 6.07 Å². The van der Waals surface area contributed by atoms with E-state index in [-0.39, 0.29) is 18.0 Å². The molecule has 2 unspecified atom stereocenters. The van der Waals surface area contributed by atoms with Crippen LogP contribution in [-0.4, -0.2) is 34.7 Å². The molecule has 1 fully saturated rings. The lowest BCUT2D eigenvalue weighted by Crippen LogP contribution is -2.38. The SMILES string of the molecule is OC(CN1CCC(C(O)c2ccccc2)CC1)c1c(F)cccc1F. The molecule has 134 valence electrons. The first-order valence-corrected chi connectivity index (χ1v) is 8.63. The molecule has 1 aliphatic heterocycles. The molecule has 0 spiro atoms. The molecule has 1 heterocycles. The third-order valence-corrected chi connectivity index (χ3v) is 4.98. The van der Waals surface area contributed by atoms with Gasteiger partial charge in [0.1, 0.15) is 11.6 Å². The molecule has 2 atom stereocenters. The van der Waals surface area contributed by atoms with Crippen molar-refractivity contribution >= 4 is 0 Å². The van der Waals surface area contributed by atoms with Gasteiger partial charge in [0, 0.05) is 6.54 Å². The highest BCUT2D eigenvalue weighted by Crippen LogP contribution is 2.31. The first-order valence-electron chi connectivity index (χ1n) is 8.63. The number of rotatable bonds is 5. The minimum Gasteiger partial charge on any atom is -0.388 e. The number of hydrogen-bond donors (Lipinski definition) is 2. The first-order chi connectivity index (χ1) is 12.1. The Morgan fingerprint density at radius 3 is 2.12 bits per heavy atom. The third-order valence-electron chi connectivity index (χ3n) is 4.98. The Bertz CT molecular complexity index is 667. The topological polar surface area (TPSA) is 43.7 Å². The van der Waals surface area contributed by atoms with Crippen LogP contribution in [-0.2, 0) is 0 Å². The number of piperidine rings is 1. The molecule has 0 aliphatic carbocycles. The van der Waals surface area contributed by atoms with Crippen LogP contribution in [0.1, 0.15) is 36.2 Å². The summed E-state index contributed by atoms with van der Waals surface area (Å²) in [4.78, 5) is 1.99. The van der Waals surface area contributed by atoms with Crippen LogP contribution in [0.5, 0.6) is 0 Å². The highest BCUT2D eigenvalue weighted by molar-refractivity contribution is 5.22. The predicted molar refractivity (Wildman–Crippen MR) is 91.9 cm³/mol. The fourth-order valence-electron chi connectivity index (χ4n) is 3.54. The summed E-state index contributed by atoms with van der Waals surface area (Å²) < 4.78 is 27.5. The normalized spacial score (nSPS) is 18.9. The summed E-state index contributed by atoms with van der Waals surface area (Å²) in [6.07, 6.45) is -0.139. The lowest BCUT2D eigenvalue weighted by Gasteiger charge is -2.35. The zero-order valence-electron chi connectivity index (χ0n) is 14.0. The van der Waals surface area contributed by atoms with Crippen LogP contribution in [0.15, 0.2) is 48.5 Å². The van der Waals surface area contributed by atoms with Crippen molar-refractivity contribution in [1.82, 2.24) is 4.90 Å². The van der Waals surface area contributed by atoms with E-state index in [1.807, 2.05) is 35.2 Å². The highest BCUT2D eigenvalue weighted by atomic mass is 19.1. The largest absolute Gasteiger partial charge is 0.388 e. The summed E-state index contributed by atoms with van der Waals surface area (Å²) in [6, 6.07) is 13.2. The van der Waals surface area contributed by atoms with Gasteiger partial charge < -0.3 is 15.1 Å². The van der Waals surface area contributed by atoms with Gasteiger partial charge in [-0.25, -0.2) is 8.78 Å². The van der Waals surface area contributed by atoms with Gasteiger partial charge in [0.15, 0.2) is 0 Å². The van der Waals surface area contributed by atoms with E-state index in [2.05, 4.69) is 0 Å². The highest BCUT2D eigenvalue weighted by Gasteiger charge is 2.28. The molecular formula is C20H23F2NO2. The average molecular weight is 347 g/mol. The Hall–Kier alpha value is -1.82. The fraction of sp³-hybridized carbons (Fsp3) is 0.400. The van der Waals surface area contributed by atoms with E-state index in [1.54, 1.807) is 0 Å². The molecule has 25 heavy (non-hydrogen) atoms. The number of halogens is 2. The van der Waals surface area contributed by atoms with Crippen LogP contribution in [0.2, 0.25) is 0 Å². The Morgan fingerprint density at radius 2 is 1.52 bits per heavy atom. The van der Waals surface area contributed by atoms with Crippen LogP contribution in [0.3, 0.4) is 0 Å². The molecule has 0 amide bonds. The van der Waals surface area contributed by atoms with Gasteiger partial charge in [0.2, 0.25) is 0 Å². The minimum atomic E-state index is -1.20. The summed E-state index contributed by atoms with van der Waals surface area (Å²) >= 11 is 0. The number of β-amino-alcohol motifs (C(OH)–C–C–N with tert-alkyl or cyclic N) is 1. The van der Waals surface area contributed by atoms with Crippen LogP contribution in [0, 0.1) is 17.6 Å². The molecule has 0 saturated carbocycles. The summed E-state index contributed by atoms with van der Waals surface area (Å²) in [6.45, 7) is 1.55. The van der Waals surface area contributed by atoms with Gasteiger partial charge in [-0.1, -0.05) is 36.4 Å². The van der Waals surface area contributed by atoms with Gasteiger partial charge in [0.05, 0.1) is 17.8 Å². The molecule has 1 saturated heterocycles. The molecule has 5 heteroatoms. The maximum atomic E-state index is 13.8. The van der Waals surface area contributed by atoms with Crippen molar-refractivity contribution in [2.45, 2.75) is 25.0 Å². The van der Waals surface area contributed by atoms with Crippen LogP contribution < -0.4 is 0 Å². The van der Waals surface area contributed by atoms with Crippen molar-refractivity contribution in [2.24, 2.45) is 5.92 Å². The number of benzene rings is 2. The molecule has 0 aromatic heterocycles. The molecule has 0 bridgehead atoms. The lowest BCUT2D eigenvalue weighted by atomic mass is 9.87. The van der Waals surface area contributed by atoms with E-state index < -0.39 is 23.8 Å². The number of nitrogens with zero attached hydrogens (tertiary/aromatic N) is 1. The zero-order chi connectivity index (χ0) is 17.8. The van der Waals surface area contributed by atoms with E-state index >= 15 is 0 Å². The molecule has 3 nitrogen and oxygen atoms in total. The van der Waals surface area contributed by atoms with Crippen molar-refractivity contribution in [3.8, 4) is 0 Å². The van der Waals surface area contributed by atoms with Gasteiger partial charge in [-0.05, 0) is 49.5 Å². The van der Waals surface area contributed by atoms with Crippen LogP contribution >= 0.6 is 0 Å². The Balaban J connectivity index is 1.56. The molecule has 2 aromatic rings. The van der Waals surface area contributed by atoms with Crippen molar-refractivity contribution in [1.29, 1.82) is 0 Å².